The minimum Gasteiger partial charge on any atom is -0.497 e. The predicted octanol–water partition coefficient (Wildman–Crippen LogP) is 4.38. The van der Waals surface area contributed by atoms with E-state index < -0.39 is 0 Å². The van der Waals surface area contributed by atoms with Crippen LogP contribution in [0.3, 0.4) is 0 Å². The first-order valence-electron chi connectivity index (χ1n) is 6.36. The zero-order chi connectivity index (χ0) is 14.5. The molecule has 0 aliphatic rings. The lowest BCUT2D eigenvalue weighted by Crippen LogP contribution is -2.13. The van der Waals surface area contributed by atoms with E-state index in [1.165, 1.54) is 4.88 Å². The third-order valence-electron chi connectivity index (χ3n) is 3.12. The molecule has 108 valence electrons. The van der Waals surface area contributed by atoms with Gasteiger partial charge in [-0.3, -0.25) is 0 Å². The number of hydrogen-bond acceptors (Lipinski definition) is 4. The predicted molar refractivity (Wildman–Crippen MR) is 86.8 cm³/mol. The van der Waals surface area contributed by atoms with Crippen LogP contribution in [-0.2, 0) is 6.61 Å². The zero-order valence-corrected chi connectivity index (χ0v) is 14.2. The molecule has 2 rings (SSSR count). The number of halogens is 1. The molecule has 20 heavy (non-hydrogen) atoms. The number of nitrogens with one attached hydrogen (secondary N) is 1. The second-order valence-electron chi connectivity index (χ2n) is 4.41. The molecular weight excluding hydrogens is 338 g/mol. The maximum Gasteiger partial charge on any atom is 0.128 e. The van der Waals surface area contributed by atoms with E-state index in [1.807, 2.05) is 31.3 Å². The van der Waals surface area contributed by atoms with Gasteiger partial charge in [-0.05, 0) is 48.1 Å². The van der Waals surface area contributed by atoms with Crippen LogP contribution in [0.15, 0.2) is 34.1 Å². The molecule has 1 atom stereocenters. The van der Waals surface area contributed by atoms with Gasteiger partial charge in [-0.2, -0.15) is 0 Å². The van der Waals surface area contributed by atoms with Gasteiger partial charge in [0.25, 0.3) is 0 Å². The SMILES string of the molecule is CNC(C)c1ccc(OC)cc1OCc1ccc(Br)s1. The van der Waals surface area contributed by atoms with Gasteiger partial charge in [0.05, 0.1) is 10.9 Å². The van der Waals surface area contributed by atoms with Crippen LogP contribution < -0.4 is 14.8 Å². The van der Waals surface area contributed by atoms with E-state index in [9.17, 15) is 0 Å². The second kappa shape index (κ2) is 7.11. The van der Waals surface area contributed by atoms with Crippen molar-refractivity contribution in [1.29, 1.82) is 0 Å². The largest absolute Gasteiger partial charge is 0.497 e. The van der Waals surface area contributed by atoms with Crippen molar-refractivity contribution in [2.75, 3.05) is 14.2 Å². The minimum absolute atomic E-state index is 0.228. The summed E-state index contributed by atoms with van der Waals surface area (Å²) in [4.78, 5) is 1.18. The van der Waals surface area contributed by atoms with Gasteiger partial charge in [-0.25, -0.2) is 0 Å². The number of thiophene rings is 1. The van der Waals surface area contributed by atoms with Crippen LogP contribution in [0, 0.1) is 0 Å². The Bertz CT molecular complexity index is 571. The summed E-state index contributed by atoms with van der Waals surface area (Å²) in [5.41, 5.74) is 1.13. The number of benzene rings is 1. The molecule has 1 N–H and O–H groups in total. The average Bonchev–Trinajstić information content (AvgIpc) is 2.89. The quantitative estimate of drug-likeness (QED) is 0.833. The molecule has 0 aliphatic heterocycles. The highest BCUT2D eigenvalue weighted by molar-refractivity contribution is 9.11. The van der Waals surface area contributed by atoms with Gasteiger partial charge < -0.3 is 14.8 Å². The Kier molecular flexibility index (Phi) is 5.46. The van der Waals surface area contributed by atoms with Crippen LogP contribution in [0.4, 0.5) is 0 Å². The van der Waals surface area contributed by atoms with Crippen molar-refractivity contribution in [3.05, 3.63) is 44.6 Å². The van der Waals surface area contributed by atoms with E-state index in [-0.39, 0.29) is 6.04 Å². The van der Waals surface area contributed by atoms with Gasteiger partial charge >= 0.3 is 0 Å². The third-order valence-corrected chi connectivity index (χ3v) is 4.72. The molecule has 1 unspecified atom stereocenters. The molecule has 2 aromatic rings. The lowest BCUT2D eigenvalue weighted by atomic mass is 10.1. The van der Waals surface area contributed by atoms with Gasteiger partial charge in [0.1, 0.15) is 18.1 Å². The molecule has 0 saturated carbocycles. The van der Waals surface area contributed by atoms with E-state index in [2.05, 4.69) is 34.2 Å². The fourth-order valence-electron chi connectivity index (χ4n) is 1.86. The maximum atomic E-state index is 5.97. The molecule has 0 fully saturated rings. The Balaban J connectivity index is 2.18. The summed E-state index contributed by atoms with van der Waals surface area (Å²) in [6.07, 6.45) is 0. The van der Waals surface area contributed by atoms with Crippen LogP contribution in [0.2, 0.25) is 0 Å². The number of rotatable bonds is 6. The van der Waals surface area contributed by atoms with Gasteiger partial charge in [-0.1, -0.05) is 6.07 Å². The first-order chi connectivity index (χ1) is 9.63. The molecule has 0 bridgehead atoms. The van der Waals surface area contributed by atoms with Crippen LogP contribution in [0.1, 0.15) is 23.4 Å². The van der Waals surface area contributed by atoms with E-state index in [1.54, 1.807) is 18.4 Å². The molecule has 0 amide bonds. The smallest absolute Gasteiger partial charge is 0.128 e. The van der Waals surface area contributed by atoms with Gasteiger partial charge in [0, 0.05) is 22.5 Å². The van der Waals surface area contributed by atoms with Crippen molar-refractivity contribution < 1.29 is 9.47 Å². The highest BCUT2D eigenvalue weighted by Crippen LogP contribution is 2.31. The van der Waals surface area contributed by atoms with Crippen LogP contribution >= 0.6 is 27.3 Å². The summed E-state index contributed by atoms with van der Waals surface area (Å²) in [6, 6.07) is 10.3. The molecule has 1 aromatic carbocycles. The molecule has 0 radical (unpaired) electrons. The highest BCUT2D eigenvalue weighted by atomic mass is 79.9. The van der Waals surface area contributed by atoms with Crippen LogP contribution in [-0.4, -0.2) is 14.2 Å². The normalized spacial score (nSPS) is 12.2. The average molecular weight is 356 g/mol. The molecule has 0 aliphatic carbocycles. The van der Waals surface area contributed by atoms with E-state index in [4.69, 9.17) is 9.47 Å². The maximum absolute atomic E-state index is 5.97. The topological polar surface area (TPSA) is 30.5 Å². The fourth-order valence-corrected chi connectivity index (χ4v) is 3.25. The summed E-state index contributed by atoms with van der Waals surface area (Å²) >= 11 is 5.14. The molecule has 5 heteroatoms. The lowest BCUT2D eigenvalue weighted by molar-refractivity contribution is 0.301. The monoisotopic (exact) mass is 355 g/mol. The molecule has 0 saturated heterocycles. The van der Waals surface area contributed by atoms with Gasteiger partial charge in [-0.15, -0.1) is 11.3 Å². The molecular formula is C15H18BrNO2S. The number of ether oxygens (including phenoxy) is 2. The van der Waals surface area contributed by atoms with E-state index in [0.29, 0.717) is 6.61 Å². The summed E-state index contributed by atoms with van der Waals surface area (Å²) in [5.74, 6) is 1.66. The standard InChI is InChI=1S/C15H18BrNO2S/c1-10(17-2)13-6-4-11(18-3)8-14(13)19-9-12-5-7-15(16)20-12/h4-8,10,17H,9H2,1-3H3. The van der Waals surface area contributed by atoms with Crippen molar-refractivity contribution in [3.63, 3.8) is 0 Å². The molecule has 1 heterocycles. The molecule has 0 spiro atoms. The van der Waals surface area contributed by atoms with Crippen molar-refractivity contribution in [2.24, 2.45) is 0 Å². The van der Waals surface area contributed by atoms with Gasteiger partial charge in [0.15, 0.2) is 0 Å². The van der Waals surface area contributed by atoms with Crippen molar-refractivity contribution >= 4 is 27.3 Å². The molecule has 3 nitrogen and oxygen atoms in total. The number of methoxy groups -OCH3 is 1. The second-order valence-corrected chi connectivity index (χ2v) is 6.96. The number of hydrogen-bond donors (Lipinski definition) is 1. The lowest BCUT2D eigenvalue weighted by Gasteiger charge is -2.17. The summed E-state index contributed by atoms with van der Waals surface area (Å²) in [6.45, 7) is 2.67. The third kappa shape index (κ3) is 3.75. The van der Waals surface area contributed by atoms with E-state index in [0.717, 1.165) is 20.8 Å². The van der Waals surface area contributed by atoms with Crippen molar-refractivity contribution in [3.8, 4) is 11.5 Å². The summed E-state index contributed by atoms with van der Waals surface area (Å²) < 4.78 is 12.4. The Morgan fingerprint density at radius 2 is 2.10 bits per heavy atom. The van der Waals surface area contributed by atoms with E-state index >= 15 is 0 Å². The first kappa shape index (κ1) is 15.4. The minimum atomic E-state index is 0.228. The van der Waals surface area contributed by atoms with Gasteiger partial charge in [0.2, 0.25) is 0 Å². The Hall–Kier alpha value is -1.04. The Morgan fingerprint density at radius 1 is 1.30 bits per heavy atom. The summed E-state index contributed by atoms with van der Waals surface area (Å²) in [7, 11) is 3.60. The first-order valence-corrected chi connectivity index (χ1v) is 7.97. The van der Waals surface area contributed by atoms with Crippen molar-refractivity contribution in [1.82, 2.24) is 5.32 Å². The fraction of sp³-hybridized carbons (Fsp3) is 0.333. The summed E-state index contributed by atoms with van der Waals surface area (Å²) in [5, 5.41) is 3.24. The van der Waals surface area contributed by atoms with Crippen LogP contribution in [0.25, 0.3) is 0 Å². The Morgan fingerprint density at radius 3 is 2.70 bits per heavy atom. The molecule has 1 aromatic heterocycles. The highest BCUT2D eigenvalue weighted by Gasteiger charge is 2.12. The van der Waals surface area contributed by atoms with Crippen molar-refractivity contribution in [2.45, 2.75) is 19.6 Å². The zero-order valence-electron chi connectivity index (χ0n) is 11.8. The Labute approximate surface area is 132 Å². The van der Waals surface area contributed by atoms with Crippen LogP contribution in [0.5, 0.6) is 11.5 Å².